The molecule has 128 valence electrons. The van der Waals surface area contributed by atoms with Gasteiger partial charge < -0.3 is 4.90 Å². The lowest BCUT2D eigenvalue weighted by molar-refractivity contribution is 0.461. The first kappa shape index (κ1) is 17.1. The number of hydrogen-bond acceptors (Lipinski definition) is 6. The highest BCUT2D eigenvalue weighted by Crippen LogP contribution is 2.18. The fourth-order valence-electron chi connectivity index (χ4n) is 2.64. The molecule has 3 rings (SSSR count). The molecular weight excluding hydrogens is 344 g/mol. The summed E-state index contributed by atoms with van der Waals surface area (Å²) in [5.41, 5.74) is 2.02. The normalized spacial score (nSPS) is 16.8. The number of hydrogen-bond donors (Lipinski definition) is 1. The topological polar surface area (TPSA) is 75.2 Å². The predicted octanol–water partition coefficient (Wildman–Crippen LogP) is 2.41. The van der Waals surface area contributed by atoms with Gasteiger partial charge in [-0.2, -0.15) is 8.75 Å². The Balaban J connectivity index is 1.54. The standard InChI is InChI=1S/C16H20N4O2S2/c1-13-2-4-14(5-3-13)8-11-24(21,22)19-15-6-9-20(10-7-15)16-12-17-23-18-16/h2-5,8,11-12,15,19H,6-7,9-10H2,1H3. The average molecular weight is 364 g/mol. The number of nitrogens with one attached hydrogen (secondary N) is 1. The predicted molar refractivity (Wildman–Crippen MR) is 97.4 cm³/mol. The molecular formula is C16H20N4O2S2. The minimum absolute atomic E-state index is 0.0412. The Labute approximate surface area is 146 Å². The van der Waals surface area contributed by atoms with Crippen LogP contribution in [0.25, 0.3) is 6.08 Å². The van der Waals surface area contributed by atoms with Crippen molar-refractivity contribution in [3.63, 3.8) is 0 Å². The second kappa shape index (κ2) is 7.42. The summed E-state index contributed by atoms with van der Waals surface area (Å²) in [4.78, 5) is 2.14. The number of aromatic nitrogens is 2. The number of nitrogens with zero attached hydrogens (tertiary/aromatic N) is 3. The smallest absolute Gasteiger partial charge is 0.233 e. The molecule has 1 saturated heterocycles. The molecule has 0 spiro atoms. The number of aryl methyl sites for hydroxylation is 1. The number of benzene rings is 1. The Morgan fingerprint density at radius 3 is 2.58 bits per heavy atom. The lowest BCUT2D eigenvalue weighted by Gasteiger charge is -2.31. The van der Waals surface area contributed by atoms with E-state index in [2.05, 4.69) is 18.4 Å². The van der Waals surface area contributed by atoms with Gasteiger partial charge in [0.2, 0.25) is 10.0 Å². The van der Waals surface area contributed by atoms with Crippen LogP contribution in [0.5, 0.6) is 0 Å². The van der Waals surface area contributed by atoms with Crippen LogP contribution in [-0.4, -0.2) is 36.3 Å². The van der Waals surface area contributed by atoms with Gasteiger partial charge in [0.25, 0.3) is 0 Å². The summed E-state index contributed by atoms with van der Waals surface area (Å²) < 4.78 is 35.4. The van der Waals surface area contributed by atoms with E-state index in [1.54, 1.807) is 12.3 Å². The van der Waals surface area contributed by atoms with Gasteiger partial charge in [-0.15, -0.1) is 0 Å². The van der Waals surface area contributed by atoms with E-state index in [4.69, 9.17) is 0 Å². The molecule has 1 aromatic heterocycles. The van der Waals surface area contributed by atoms with E-state index in [1.165, 1.54) is 17.1 Å². The van der Waals surface area contributed by atoms with E-state index in [1.807, 2.05) is 31.2 Å². The van der Waals surface area contributed by atoms with E-state index in [0.29, 0.717) is 0 Å². The summed E-state index contributed by atoms with van der Waals surface area (Å²) in [6.45, 7) is 3.56. The van der Waals surface area contributed by atoms with Crippen molar-refractivity contribution in [1.82, 2.24) is 13.5 Å². The van der Waals surface area contributed by atoms with E-state index in [0.717, 1.165) is 42.9 Å². The Morgan fingerprint density at radius 2 is 1.96 bits per heavy atom. The van der Waals surface area contributed by atoms with Crippen LogP contribution in [0.1, 0.15) is 24.0 Å². The summed E-state index contributed by atoms with van der Waals surface area (Å²) >= 11 is 1.19. The Hall–Kier alpha value is -1.77. The molecule has 8 heteroatoms. The first-order valence-electron chi connectivity index (χ1n) is 7.81. The van der Waals surface area contributed by atoms with Crippen LogP contribution >= 0.6 is 11.7 Å². The maximum absolute atomic E-state index is 12.2. The zero-order valence-electron chi connectivity index (χ0n) is 13.4. The molecule has 0 atom stereocenters. The Bertz CT molecular complexity index is 778. The molecule has 0 radical (unpaired) electrons. The number of piperidine rings is 1. The van der Waals surface area contributed by atoms with E-state index >= 15 is 0 Å². The molecule has 0 unspecified atom stereocenters. The molecule has 1 N–H and O–H groups in total. The van der Waals surface area contributed by atoms with Gasteiger partial charge in [0, 0.05) is 24.5 Å². The van der Waals surface area contributed by atoms with Crippen molar-refractivity contribution < 1.29 is 8.42 Å². The third-order valence-electron chi connectivity index (χ3n) is 4.02. The number of sulfonamides is 1. The first-order valence-corrected chi connectivity index (χ1v) is 10.1. The molecule has 1 aromatic carbocycles. The highest BCUT2D eigenvalue weighted by Gasteiger charge is 2.23. The lowest BCUT2D eigenvalue weighted by Crippen LogP contribution is -2.44. The van der Waals surface area contributed by atoms with Crippen LogP contribution in [0, 0.1) is 6.92 Å². The molecule has 0 amide bonds. The summed E-state index contributed by atoms with van der Waals surface area (Å²) in [5.74, 6) is 0.876. The van der Waals surface area contributed by atoms with Gasteiger partial charge in [0.15, 0.2) is 5.82 Å². The fraction of sp³-hybridized carbons (Fsp3) is 0.375. The quantitative estimate of drug-likeness (QED) is 0.882. The average Bonchev–Trinajstić information content (AvgIpc) is 3.09. The van der Waals surface area contributed by atoms with Gasteiger partial charge in [-0.05, 0) is 31.4 Å². The first-order chi connectivity index (χ1) is 11.5. The van der Waals surface area contributed by atoms with Gasteiger partial charge in [0.1, 0.15) is 0 Å². The molecule has 1 aliphatic heterocycles. The van der Waals surface area contributed by atoms with Crippen molar-refractivity contribution in [3.8, 4) is 0 Å². The van der Waals surface area contributed by atoms with E-state index < -0.39 is 10.0 Å². The fourth-order valence-corrected chi connectivity index (χ4v) is 4.19. The molecule has 1 fully saturated rings. The Kier molecular flexibility index (Phi) is 5.27. The van der Waals surface area contributed by atoms with Crippen molar-refractivity contribution >= 4 is 33.6 Å². The van der Waals surface area contributed by atoms with Gasteiger partial charge in [-0.25, -0.2) is 13.1 Å². The maximum Gasteiger partial charge on any atom is 0.233 e. The molecule has 6 nitrogen and oxygen atoms in total. The molecule has 0 aliphatic carbocycles. The van der Waals surface area contributed by atoms with Crippen molar-refractivity contribution in [2.75, 3.05) is 18.0 Å². The zero-order valence-corrected chi connectivity index (χ0v) is 15.1. The minimum atomic E-state index is -3.44. The minimum Gasteiger partial charge on any atom is -0.354 e. The Morgan fingerprint density at radius 1 is 1.25 bits per heavy atom. The van der Waals surface area contributed by atoms with Crippen molar-refractivity contribution in [2.24, 2.45) is 0 Å². The zero-order chi connectivity index (χ0) is 17.0. The number of rotatable bonds is 5. The largest absolute Gasteiger partial charge is 0.354 e. The lowest BCUT2D eigenvalue weighted by atomic mass is 10.1. The second-order valence-corrected chi connectivity index (χ2v) is 8.06. The maximum atomic E-state index is 12.2. The summed E-state index contributed by atoms with van der Waals surface area (Å²) in [7, 11) is -3.44. The molecule has 0 bridgehead atoms. The molecule has 1 aliphatic rings. The summed E-state index contributed by atoms with van der Waals surface area (Å²) in [5, 5.41) is 1.24. The second-order valence-electron chi connectivity index (χ2n) is 5.90. The van der Waals surface area contributed by atoms with Crippen LogP contribution in [0.4, 0.5) is 5.82 Å². The molecule has 24 heavy (non-hydrogen) atoms. The molecule has 2 aromatic rings. The van der Waals surface area contributed by atoms with Crippen LogP contribution in [-0.2, 0) is 10.0 Å². The molecule has 2 heterocycles. The third-order valence-corrected chi connectivity index (χ3v) is 5.64. The van der Waals surface area contributed by atoms with Crippen LogP contribution in [0.15, 0.2) is 35.9 Å². The molecule has 0 saturated carbocycles. The van der Waals surface area contributed by atoms with E-state index in [-0.39, 0.29) is 6.04 Å². The van der Waals surface area contributed by atoms with E-state index in [9.17, 15) is 8.42 Å². The van der Waals surface area contributed by atoms with Crippen molar-refractivity contribution in [2.45, 2.75) is 25.8 Å². The van der Waals surface area contributed by atoms with Gasteiger partial charge in [0.05, 0.1) is 17.9 Å². The van der Waals surface area contributed by atoms with Gasteiger partial charge in [-0.3, -0.25) is 0 Å². The highest BCUT2D eigenvalue weighted by atomic mass is 32.2. The monoisotopic (exact) mass is 364 g/mol. The SMILES string of the molecule is Cc1ccc(C=CS(=O)(=O)NC2CCN(c3cnsn3)CC2)cc1. The third kappa shape index (κ3) is 4.62. The van der Waals surface area contributed by atoms with Gasteiger partial charge in [-0.1, -0.05) is 29.8 Å². The van der Waals surface area contributed by atoms with Crippen molar-refractivity contribution in [3.05, 3.63) is 47.0 Å². The van der Waals surface area contributed by atoms with Gasteiger partial charge >= 0.3 is 0 Å². The summed E-state index contributed by atoms with van der Waals surface area (Å²) in [6.07, 6.45) is 4.89. The highest BCUT2D eigenvalue weighted by molar-refractivity contribution is 7.92. The van der Waals surface area contributed by atoms with Crippen LogP contribution < -0.4 is 9.62 Å². The van der Waals surface area contributed by atoms with Crippen LogP contribution in [0.2, 0.25) is 0 Å². The van der Waals surface area contributed by atoms with Crippen LogP contribution in [0.3, 0.4) is 0 Å². The van der Waals surface area contributed by atoms with Crippen molar-refractivity contribution in [1.29, 1.82) is 0 Å². The summed E-state index contributed by atoms with van der Waals surface area (Å²) in [6, 6.07) is 7.69. The number of anilines is 1.